The van der Waals surface area contributed by atoms with Gasteiger partial charge in [0.1, 0.15) is 0 Å². The van der Waals surface area contributed by atoms with Gasteiger partial charge in [-0.05, 0) is 50.7 Å². The molecule has 1 aliphatic rings. The number of hydrogen-bond donors (Lipinski definition) is 2. The summed E-state index contributed by atoms with van der Waals surface area (Å²) in [6.45, 7) is 7.95. The van der Waals surface area contributed by atoms with Crippen molar-refractivity contribution < 1.29 is 9.47 Å². The normalized spacial score (nSPS) is 15.5. The lowest BCUT2D eigenvalue weighted by Gasteiger charge is -2.21. The summed E-state index contributed by atoms with van der Waals surface area (Å²) in [7, 11) is 0. The molecule has 1 saturated heterocycles. The van der Waals surface area contributed by atoms with Gasteiger partial charge in [-0.15, -0.1) is 35.3 Å². The molecule has 1 aromatic rings. The van der Waals surface area contributed by atoms with Crippen LogP contribution in [0.4, 0.5) is 0 Å². The molecule has 0 unspecified atom stereocenters. The maximum absolute atomic E-state index is 5.96. The van der Waals surface area contributed by atoms with E-state index in [1.807, 2.05) is 6.07 Å². The van der Waals surface area contributed by atoms with Crippen molar-refractivity contribution in [3.63, 3.8) is 0 Å². The Hall–Kier alpha value is -0.0900. The molecule has 2 heterocycles. The zero-order chi connectivity index (χ0) is 17.7. The zero-order valence-electron chi connectivity index (χ0n) is 15.5. The molecule has 1 aliphatic heterocycles. The lowest BCUT2D eigenvalue weighted by atomic mass is 10.0. The molecule has 0 spiro atoms. The molecule has 0 atom stereocenters. The Kier molecular flexibility index (Phi) is 13.7. The van der Waals surface area contributed by atoms with Crippen molar-refractivity contribution in [1.29, 1.82) is 0 Å². The van der Waals surface area contributed by atoms with Crippen molar-refractivity contribution in [3.05, 3.63) is 21.3 Å². The number of halogens is 2. The van der Waals surface area contributed by atoms with E-state index in [-0.39, 0.29) is 24.0 Å². The van der Waals surface area contributed by atoms with Crippen LogP contribution in [0.2, 0.25) is 4.34 Å². The van der Waals surface area contributed by atoms with E-state index in [1.165, 1.54) is 4.88 Å². The third-order valence-corrected chi connectivity index (χ3v) is 5.34. The van der Waals surface area contributed by atoms with Crippen LogP contribution in [-0.2, 0) is 15.9 Å². The van der Waals surface area contributed by atoms with E-state index in [4.69, 9.17) is 21.1 Å². The van der Waals surface area contributed by atoms with Crippen LogP contribution in [0.1, 0.15) is 31.1 Å². The summed E-state index contributed by atoms with van der Waals surface area (Å²) >= 11 is 7.59. The van der Waals surface area contributed by atoms with Gasteiger partial charge in [-0.2, -0.15) is 0 Å². The van der Waals surface area contributed by atoms with Gasteiger partial charge < -0.3 is 20.1 Å². The van der Waals surface area contributed by atoms with Gasteiger partial charge in [-0.3, -0.25) is 4.99 Å². The van der Waals surface area contributed by atoms with Crippen LogP contribution in [-0.4, -0.2) is 52.0 Å². The molecular weight excluding hydrogens is 485 g/mol. The lowest BCUT2D eigenvalue weighted by molar-refractivity contribution is 0.0205. The van der Waals surface area contributed by atoms with Crippen molar-refractivity contribution in [2.75, 3.05) is 46.1 Å². The Morgan fingerprint density at radius 1 is 1.35 bits per heavy atom. The van der Waals surface area contributed by atoms with Gasteiger partial charge >= 0.3 is 0 Å². The summed E-state index contributed by atoms with van der Waals surface area (Å²) in [5, 5.41) is 6.65. The van der Waals surface area contributed by atoms with E-state index < -0.39 is 0 Å². The number of nitrogens with zero attached hydrogens (tertiary/aromatic N) is 1. The largest absolute Gasteiger partial charge is 0.381 e. The van der Waals surface area contributed by atoms with Gasteiger partial charge in [-0.1, -0.05) is 11.6 Å². The van der Waals surface area contributed by atoms with E-state index in [9.17, 15) is 0 Å². The molecule has 1 aromatic heterocycles. The minimum absolute atomic E-state index is 0. The average Bonchev–Trinajstić information content (AvgIpc) is 3.04. The molecule has 0 bridgehead atoms. The molecular formula is C18H31ClIN3O2S. The second kappa shape index (κ2) is 14.9. The van der Waals surface area contributed by atoms with Crippen LogP contribution >= 0.6 is 46.9 Å². The SMILES string of the molecule is CCNC(=NCCCOCC1CCOCC1)NCCc1ccc(Cl)s1.I. The second-order valence-corrected chi connectivity index (χ2v) is 7.93. The van der Waals surface area contributed by atoms with E-state index in [2.05, 4.69) is 28.6 Å². The molecule has 2 rings (SSSR count). The van der Waals surface area contributed by atoms with Gasteiger partial charge in [0.15, 0.2) is 5.96 Å². The summed E-state index contributed by atoms with van der Waals surface area (Å²) in [6.07, 6.45) is 4.15. The highest BCUT2D eigenvalue weighted by atomic mass is 127. The van der Waals surface area contributed by atoms with Crippen LogP contribution in [0, 0.1) is 5.92 Å². The summed E-state index contributed by atoms with van der Waals surface area (Å²) in [5.41, 5.74) is 0. The molecule has 0 aliphatic carbocycles. The quantitative estimate of drug-likeness (QED) is 0.214. The summed E-state index contributed by atoms with van der Waals surface area (Å²) in [4.78, 5) is 5.89. The first-order chi connectivity index (χ1) is 12.3. The van der Waals surface area contributed by atoms with Crippen molar-refractivity contribution in [1.82, 2.24) is 10.6 Å². The molecule has 2 N–H and O–H groups in total. The van der Waals surface area contributed by atoms with Crippen LogP contribution in [0.15, 0.2) is 17.1 Å². The smallest absolute Gasteiger partial charge is 0.191 e. The van der Waals surface area contributed by atoms with Crippen LogP contribution in [0.25, 0.3) is 0 Å². The third kappa shape index (κ3) is 10.3. The predicted octanol–water partition coefficient (Wildman–Crippen LogP) is 3.95. The van der Waals surface area contributed by atoms with E-state index in [0.717, 1.165) is 82.0 Å². The number of aliphatic imine (C=N–C) groups is 1. The lowest BCUT2D eigenvalue weighted by Crippen LogP contribution is -2.38. The van der Waals surface area contributed by atoms with Crippen molar-refractivity contribution >= 4 is 52.9 Å². The Balaban J connectivity index is 0.00000338. The van der Waals surface area contributed by atoms with Crippen LogP contribution < -0.4 is 10.6 Å². The molecule has 26 heavy (non-hydrogen) atoms. The monoisotopic (exact) mass is 515 g/mol. The fourth-order valence-electron chi connectivity index (χ4n) is 2.65. The van der Waals surface area contributed by atoms with Gasteiger partial charge in [0.2, 0.25) is 0 Å². The first-order valence-corrected chi connectivity index (χ1v) is 10.4. The van der Waals surface area contributed by atoms with Crippen molar-refractivity contribution in [3.8, 4) is 0 Å². The number of thiophene rings is 1. The summed E-state index contributed by atoms with van der Waals surface area (Å²) < 4.78 is 12.0. The Morgan fingerprint density at radius 2 is 2.15 bits per heavy atom. The maximum Gasteiger partial charge on any atom is 0.191 e. The minimum atomic E-state index is 0. The van der Waals surface area contributed by atoms with E-state index >= 15 is 0 Å². The second-order valence-electron chi connectivity index (χ2n) is 6.13. The molecule has 1 fully saturated rings. The van der Waals surface area contributed by atoms with Gasteiger partial charge in [0, 0.05) is 50.9 Å². The Labute approximate surface area is 183 Å². The average molecular weight is 516 g/mol. The molecule has 0 amide bonds. The predicted molar refractivity (Wildman–Crippen MR) is 121 cm³/mol. The fourth-order valence-corrected chi connectivity index (χ4v) is 3.74. The van der Waals surface area contributed by atoms with Gasteiger partial charge in [0.25, 0.3) is 0 Å². The zero-order valence-corrected chi connectivity index (χ0v) is 19.4. The molecule has 0 saturated carbocycles. The fraction of sp³-hybridized carbons (Fsp3) is 0.722. The Bertz CT molecular complexity index is 510. The maximum atomic E-state index is 5.96. The number of rotatable bonds is 10. The van der Waals surface area contributed by atoms with Gasteiger partial charge in [-0.25, -0.2) is 0 Å². The first-order valence-electron chi connectivity index (χ1n) is 9.19. The standard InChI is InChI=1S/C18H30ClN3O2S.HI/c1-2-20-18(22-10-6-16-4-5-17(19)25-16)21-9-3-11-24-14-15-7-12-23-13-8-15;/h4-5,15H,2-3,6-14H2,1H3,(H2,20,21,22);1H. The van der Waals surface area contributed by atoms with Crippen molar-refractivity contribution in [2.45, 2.75) is 32.6 Å². The Morgan fingerprint density at radius 3 is 2.85 bits per heavy atom. The summed E-state index contributed by atoms with van der Waals surface area (Å²) in [6, 6.07) is 4.02. The van der Waals surface area contributed by atoms with Crippen LogP contribution in [0.3, 0.4) is 0 Å². The molecule has 8 heteroatoms. The van der Waals surface area contributed by atoms with Crippen LogP contribution in [0.5, 0.6) is 0 Å². The summed E-state index contributed by atoms with van der Waals surface area (Å²) in [5.74, 6) is 1.54. The topological polar surface area (TPSA) is 54.9 Å². The third-order valence-electron chi connectivity index (χ3n) is 4.05. The number of ether oxygens (including phenoxy) is 2. The number of nitrogens with one attached hydrogen (secondary N) is 2. The molecule has 0 radical (unpaired) electrons. The highest BCUT2D eigenvalue weighted by Gasteiger charge is 2.13. The number of hydrogen-bond acceptors (Lipinski definition) is 4. The van der Waals surface area contributed by atoms with E-state index in [0.29, 0.717) is 5.92 Å². The van der Waals surface area contributed by atoms with E-state index in [1.54, 1.807) is 11.3 Å². The van der Waals surface area contributed by atoms with Crippen molar-refractivity contribution in [2.24, 2.45) is 10.9 Å². The molecule has 0 aromatic carbocycles. The highest BCUT2D eigenvalue weighted by molar-refractivity contribution is 14.0. The number of guanidine groups is 1. The molecule has 150 valence electrons. The van der Waals surface area contributed by atoms with Gasteiger partial charge in [0.05, 0.1) is 4.34 Å². The first kappa shape index (κ1) is 23.9. The minimum Gasteiger partial charge on any atom is -0.381 e. The highest BCUT2D eigenvalue weighted by Crippen LogP contribution is 2.21. The molecule has 5 nitrogen and oxygen atoms in total.